The summed E-state index contributed by atoms with van der Waals surface area (Å²) in [6.45, 7) is 2.58. The van der Waals surface area contributed by atoms with E-state index in [9.17, 15) is 24.2 Å². The molecule has 4 rings (SSSR count). The van der Waals surface area contributed by atoms with E-state index < -0.39 is 41.8 Å². The van der Waals surface area contributed by atoms with E-state index in [0.717, 1.165) is 0 Å². The van der Waals surface area contributed by atoms with Gasteiger partial charge in [0.15, 0.2) is 5.82 Å². The maximum atomic E-state index is 13.1. The lowest BCUT2D eigenvalue weighted by Gasteiger charge is -2.27. The van der Waals surface area contributed by atoms with E-state index >= 15 is 0 Å². The quantitative estimate of drug-likeness (QED) is 0.343. The summed E-state index contributed by atoms with van der Waals surface area (Å²) in [5, 5.41) is 28.1. The molecule has 0 saturated carbocycles. The number of anilines is 1. The number of carbonyl (C=O) groups is 2. The minimum atomic E-state index is -1.40. The van der Waals surface area contributed by atoms with E-state index in [1.165, 1.54) is 29.9 Å². The number of nitrogens with two attached hydrogens (primary N) is 1. The molecule has 11 nitrogen and oxygen atoms in total. The van der Waals surface area contributed by atoms with E-state index in [-0.39, 0.29) is 24.7 Å². The molecule has 0 bridgehead atoms. The summed E-state index contributed by atoms with van der Waals surface area (Å²) in [5.74, 6) is -1.24. The first kappa shape index (κ1) is 24.7. The van der Waals surface area contributed by atoms with Gasteiger partial charge in [0.05, 0.1) is 11.7 Å². The van der Waals surface area contributed by atoms with Gasteiger partial charge in [-0.15, -0.1) is 0 Å². The molecular weight excluding hydrogens is 461 g/mol. The molecule has 1 aromatic carbocycles. The summed E-state index contributed by atoms with van der Waals surface area (Å²) in [5.41, 5.74) is 6.13. The number of hydrogen-bond acceptors (Lipinski definition) is 9. The van der Waals surface area contributed by atoms with Gasteiger partial charge in [0.2, 0.25) is 5.91 Å². The molecular formula is C23H26FN5O6. The van der Waals surface area contributed by atoms with Crippen LogP contribution in [0.3, 0.4) is 0 Å². The lowest BCUT2D eigenvalue weighted by molar-refractivity contribution is -0.149. The number of benzene rings is 1. The van der Waals surface area contributed by atoms with Crippen molar-refractivity contribution >= 4 is 23.2 Å². The van der Waals surface area contributed by atoms with Crippen molar-refractivity contribution in [1.29, 1.82) is 0 Å². The van der Waals surface area contributed by atoms with Gasteiger partial charge in [0, 0.05) is 6.92 Å². The topological polar surface area (TPSA) is 161 Å². The lowest BCUT2D eigenvalue weighted by Crippen LogP contribution is -2.40. The molecule has 0 unspecified atom stereocenters. The maximum absolute atomic E-state index is 13.1. The fourth-order valence-corrected chi connectivity index (χ4v) is 4.11. The van der Waals surface area contributed by atoms with Crippen LogP contribution in [0.2, 0.25) is 0 Å². The number of aromatic nitrogens is 3. The molecule has 35 heavy (non-hydrogen) atoms. The number of ether oxygens (including phenoxy) is 2. The number of amides is 1. The summed E-state index contributed by atoms with van der Waals surface area (Å²) in [6, 6.07) is 8.04. The van der Waals surface area contributed by atoms with Crippen LogP contribution in [0.5, 0.6) is 0 Å². The molecule has 0 radical (unpaired) electrons. The van der Waals surface area contributed by atoms with E-state index in [1.54, 1.807) is 31.2 Å². The normalized spacial score (nSPS) is 24.9. The highest BCUT2D eigenvalue weighted by molar-refractivity contribution is 5.97. The van der Waals surface area contributed by atoms with E-state index in [1.807, 2.05) is 0 Å². The van der Waals surface area contributed by atoms with Crippen LogP contribution in [0, 0.1) is 5.82 Å². The molecule has 3 heterocycles. The molecule has 1 saturated heterocycles. The number of carbonyl (C=O) groups excluding carboxylic acids is 2. The molecule has 0 aliphatic carbocycles. The number of fused-ring (bicyclic) bond motifs is 1. The molecule has 0 spiro atoms. The van der Waals surface area contributed by atoms with Crippen molar-refractivity contribution in [3.05, 3.63) is 59.8 Å². The Balaban J connectivity index is 1.54. The Morgan fingerprint density at radius 1 is 1.29 bits per heavy atom. The summed E-state index contributed by atoms with van der Waals surface area (Å²) in [6.07, 6.45) is -2.20. The number of aliphatic hydroxyl groups is 2. The third-order valence-corrected chi connectivity index (χ3v) is 6.02. The number of hydrogen-bond donors (Lipinski definition) is 4. The number of esters is 1. The highest BCUT2D eigenvalue weighted by Gasteiger charge is 2.53. The Labute approximate surface area is 199 Å². The Morgan fingerprint density at radius 2 is 2.00 bits per heavy atom. The van der Waals surface area contributed by atoms with E-state index in [4.69, 9.17) is 15.2 Å². The number of nitrogens with one attached hydrogen (secondary N) is 1. The zero-order valence-corrected chi connectivity index (χ0v) is 19.1. The molecule has 1 amide bonds. The predicted octanol–water partition coefficient (Wildman–Crippen LogP) is 0.276. The van der Waals surface area contributed by atoms with Crippen LogP contribution in [0.15, 0.2) is 42.7 Å². The van der Waals surface area contributed by atoms with Gasteiger partial charge in [-0.1, -0.05) is 12.1 Å². The Bertz CT molecular complexity index is 1230. The number of halogens is 1. The molecule has 1 aliphatic rings. The van der Waals surface area contributed by atoms with Gasteiger partial charge in [-0.25, -0.2) is 13.9 Å². The Hall–Kier alpha value is -3.45. The molecule has 12 heteroatoms. The summed E-state index contributed by atoms with van der Waals surface area (Å²) in [4.78, 5) is 28.0. The van der Waals surface area contributed by atoms with Crippen LogP contribution in [0.25, 0.3) is 5.52 Å². The Morgan fingerprint density at radius 3 is 2.69 bits per heavy atom. The van der Waals surface area contributed by atoms with Crippen LogP contribution in [0.1, 0.15) is 25.1 Å². The van der Waals surface area contributed by atoms with Crippen molar-refractivity contribution in [2.45, 2.75) is 50.2 Å². The summed E-state index contributed by atoms with van der Waals surface area (Å²) < 4.78 is 25.4. The molecule has 5 N–H and O–H groups in total. The van der Waals surface area contributed by atoms with Gasteiger partial charge in [-0.05, 0) is 43.2 Å². The maximum Gasteiger partial charge on any atom is 0.302 e. The lowest BCUT2D eigenvalue weighted by atomic mass is 9.93. The van der Waals surface area contributed by atoms with E-state index in [2.05, 4.69) is 15.4 Å². The third kappa shape index (κ3) is 4.86. The van der Waals surface area contributed by atoms with Crippen LogP contribution in [0.4, 0.5) is 10.2 Å². The molecule has 2 aromatic heterocycles. The molecule has 5 atom stereocenters. The number of rotatable bonds is 7. The summed E-state index contributed by atoms with van der Waals surface area (Å²) in [7, 11) is 0. The van der Waals surface area contributed by atoms with E-state index in [0.29, 0.717) is 16.8 Å². The van der Waals surface area contributed by atoms with Gasteiger partial charge in [-0.3, -0.25) is 9.59 Å². The van der Waals surface area contributed by atoms with Gasteiger partial charge >= 0.3 is 5.97 Å². The van der Waals surface area contributed by atoms with Gasteiger partial charge in [0.25, 0.3) is 0 Å². The molecule has 1 fully saturated rings. The first-order valence-electron chi connectivity index (χ1n) is 10.9. The number of aliphatic hydroxyl groups excluding tert-OH is 2. The third-order valence-electron chi connectivity index (χ3n) is 6.02. The first-order chi connectivity index (χ1) is 16.6. The monoisotopic (exact) mass is 487 g/mol. The second-order valence-corrected chi connectivity index (χ2v) is 8.55. The van der Waals surface area contributed by atoms with Crippen molar-refractivity contribution in [2.24, 2.45) is 5.73 Å². The zero-order valence-electron chi connectivity index (χ0n) is 19.1. The fourth-order valence-electron chi connectivity index (χ4n) is 4.11. The van der Waals surface area contributed by atoms with Gasteiger partial charge < -0.3 is 30.7 Å². The standard InChI is InChI=1S/C23H26FN5O6/c1-12(30)34-10-17-19(31)20(32)23(2,35-17)18-8-7-16-21(26-11-27-29(16)18)28-22(33)15(25)9-13-3-5-14(24)6-4-13/h3-8,11,15,17,19-20,31-32H,9-10,25H2,1-2H3,(H,26,27,28,33)/t15-,17+,19+,20+,23-/m0/s1. The predicted molar refractivity (Wildman–Crippen MR) is 121 cm³/mol. The van der Waals surface area contributed by atoms with Crippen molar-refractivity contribution in [2.75, 3.05) is 11.9 Å². The molecule has 186 valence electrons. The largest absolute Gasteiger partial charge is 0.463 e. The SMILES string of the molecule is CC(=O)OC[C@H]1O[C@@](C)(c2ccc3c(NC(=O)[C@@H](N)Cc4ccc(F)cc4)ncnn23)[C@H](O)[C@@H]1O. The van der Waals surface area contributed by atoms with Crippen LogP contribution in [-0.2, 0) is 31.1 Å². The average molecular weight is 487 g/mol. The zero-order chi connectivity index (χ0) is 25.3. The second kappa shape index (κ2) is 9.66. The van der Waals surface area contributed by atoms with Crippen molar-refractivity contribution in [3.63, 3.8) is 0 Å². The molecule has 3 aromatic rings. The summed E-state index contributed by atoms with van der Waals surface area (Å²) >= 11 is 0. The average Bonchev–Trinajstić information content (AvgIpc) is 3.36. The fraction of sp³-hybridized carbons (Fsp3) is 0.391. The van der Waals surface area contributed by atoms with Gasteiger partial charge in [-0.2, -0.15) is 5.10 Å². The minimum Gasteiger partial charge on any atom is -0.463 e. The molecule has 1 aliphatic heterocycles. The first-order valence-corrected chi connectivity index (χ1v) is 10.9. The van der Waals surface area contributed by atoms with Gasteiger partial charge in [0.1, 0.15) is 48.2 Å². The number of nitrogens with zero attached hydrogens (tertiary/aromatic N) is 3. The highest BCUT2D eigenvalue weighted by atomic mass is 19.1. The Kier molecular flexibility index (Phi) is 6.81. The second-order valence-electron chi connectivity index (χ2n) is 8.55. The van der Waals surface area contributed by atoms with Crippen molar-refractivity contribution in [3.8, 4) is 0 Å². The van der Waals surface area contributed by atoms with Crippen molar-refractivity contribution in [1.82, 2.24) is 14.6 Å². The minimum absolute atomic E-state index is 0.180. The van der Waals surface area contributed by atoms with Crippen LogP contribution in [-0.4, -0.2) is 67.6 Å². The van der Waals surface area contributed by atoms with Crippen LogP contribution >= 0.6 is 0 Å². The smallest absolute Gasteiger partial charge is 0.302 e. The highest BCUT2D eigenvalue weighted by Crippen LogP contribution is 2.40. The van der Waals surface area contributed by atoms with Crippen LogP contribution < -0.4 is 11.1 Å². The van der Waals surface area contributed by atoms with Crippen molar-refractivity contribution < 1.29 is 33.7 Å².